The van der Waals surface area contributed by atoms with Gasteiger partial charge in [-0.3, -0.25) is 0 Å². The summed E-state index contributed by atoms with van der Waals surface area (Å²) in [6, 6.07) is 0. The minimum atomic E-state index is -0.176. The molecular formula is C12H25NO2. The molecular weight excluding hydrogens is 190 g/mol. The van der Waals surface area contributed by atoms with Crippen LogP contribution in [0.5, 0.6) is 0 Å². The van der Waals surface area contributed by atoms with E-state index in [2.05, 4.69) is 6.92 Å². The van der Waals surface area contributed by atoms with Crippen LogP contribution >= 0.6 is 0 Å². The molecule has 15 heavy (non-hydrogen) atoms. The van der Waals surface area contributed by atoms with Gasteiger partial charge in [0.15, 0.2) is 0 Å². The highest BCUT2D eigenvalue weighted by atomic mass is 16.5. The van der Waals surface area contributed by atoms with Crippen LogP contribution in [0.25, 0.3) is 0 Å². The lowest BCUT2D eigenvalue weighted by Crippen LogP contribution is -2.48. The predicted molar refractivity (Wildman–Crippen MR) is 61.9 cm³/mol. The highest BCUT2D eigenvalue weighted by Gasteiger charge is 2.32. The van der Waals surface area contributed by atoms with Crippen molar-refractivity contribution in [3.63, 3.8) is 0 Å². The molecule has 0 bridgehead atoms. The van der Waals surface area contributed by atoms with Gasteiger partial charge in [-0.1, -0.05) is 26.2 Å². The molecule has 1 fully saturated rings. The maximum atomic E-state index is 5.92. The SMILES string of the molecule is CCCCCCOC1(CN)CCCOC1. The van der Waals surface area contributed by atoms with Crippen LogP contribution < -0.4 is 5.73 Å². The minimum Gasteiger partial charge on any atom is -0.378 e. The van der Waals surface area contributed by atoms with E-state index in [0.717, 1.165) is 32.5 Å². The van der Waals surface area contributed by atoms with Crippen molar-refractivity contribution in [2.75, 3.05) is 26.4 Å². The van der Waals surface area contributed by atoms with Gasteiger partial charge in [-0.25, -0.2) is 0 Å². The Hall–Kier alpha value is -0.120. The predicted octanol–water partition coefficient (Wildman–Crippen LogP) is 2.09. The van der Waals surface area contributed by atoms with Crippen molar-refractivity contribution in [2.24, 2.45) is 5.73 Å². The molecule has 0 saturated carbocycles. The second-order valence-corrected chi connectivity index (χ2v) is 4.45. The van der Waals surface area contributed by atoms with Crippen LogP contribution in [0.4, 0.5) is 0 Å². The molecule has 1 unspecified atom stereocenters. The lowest BCUT2D eigenvalue weighted by atomic mass is 9.96. The van der Waals surface area contributed by atoms with Crippen LogP contribution in [-0.4, -0.2) is 32.0 Å². The van der Waals surface area contributed by atoms with Gasteiger partial charge in [0.2, 0.25) is 0 Å². The fourth-order valence-corrected chi connectivity index (χ4v) is 1.98. The third-order valence-electron chi connectivity index (χ3n) is 3.06. The first-order valence-corrected chi connectivity index (χ1v) is 6.25. The van der Waals surface area contributed by atoms with Gasteiger partial charge in [-0.15, -0.1) is 0 Å². The number of unbranched alkanes of at least 4 members (excludes halogenated alkanes) is 3. The number of rotatable bonds is 7. The van der Waals surface area contributed by atoms with E-state index in [9.17, 15) is 0 Å². The number of nitrogens with two attached hydrogens (primary N) is 1. The van der Waals surface area contributed by atoms with Crippen LogP contribution in [0, 0.1) is 0 Å². The lowest BCUT2D eigenvalue weighted by Gasteiger charge is -2.35. The molecule has 2 N–H and O–H groups in total. The van der Waals surface area contributed by atoms with Gasteiger partial charge in [0.25, 0.3) is 0 Å². The van der Waals surface area contributed by atoms with E-state index < -0.39 is 0 Å². The Balaban J connectivity index is 2.15. The van der Waals surface area contributed by atoms with Gasteiger partial charge < -0.3 is 15.2 Å². The van der Waals surface area contributed by atoms with E-state index in [4.69, 9.17) is 15.2 Å². The summed E-state index contributed by atoms with van der Waals surface area (Å²) in [6.45, 7) is 5.18. The third kappa shape index (κ3) is 4.49. The van der Waals surface area contributed by atoms with E-state index in [0.29, 0.717) is 13.2 Å². The van der Waals surface area contributed by atoms with E-state index in [-0.39, 0.29) is 5.60 Å². The largest absolute Gasteiger partial charge is 0.378 e. The van der Waals surface area contributed by atoms with Crippen molar-refractivity contribution < 1.29 is 9.47 Å². The molecule has 0 aromatic heterocycles. The summed E-state index contributed by atoms with van der Waals surface area (Å²) in [5.74, 6) is 0. The molecule has 0 aliphatic carbocycles. The average Bonchev–Trinajstić information content (AvgIpc) is 2.30. The first-order chi connectivity index (χ1) is 7.33. The molecule has 90 valence electrons. The summed E-state index contributed by atoms with van der Waals surface area (Å²) in [4.78, 5) is 0. The molecule has 0 spiro atoms. The van der Waals surface area contributed by atoms with Crippen LogP contribution in [0.2, 0.25) is 0 Å². The molecule has 0 radical (unpaired) electrons. The highest BCUT2D eigenvalue weighted by molar-refractivity contribution is 4.84. The topological polar surface area (TPSA) is 44.5 Å². The fraction of sp³-hybridized carbons (Fsp3) is 1.00. The van der Waals surface area contributed by atoms with Gasteiger partial charge >= 0.3 is 0 Å². The Morgan fingerprint density at radius 3 is 2.80 bits per heavy atom. The molecule has 1 aliphatic heterocycles. The molecule has 0 aromatic rings. The van der Waals surface area contributed by atoms with Crippen molar-refractivity contribution in [1.29, 1.82) is 0 Å². The van der Waals surface area contributed by atoms with Crippen molar-refractivity contribution in [3.05, 3.63) is 0 Å². The van der Waals surface area contributed by atoms with Gasteiger partial charge in [-0.2, -0.15) is 0 Å². The summed E-state index contributed by atoms with van der Waals surface area (Å²) in [5, 5.41) is 0. The zero-order valence-corrected chi connectivity index (χ0v) is 9.96. The summed E-state index contributed by atoms with van der Waals surface area (Å²) in [7, 11) is 0. The lowest BCUT2D eigenvalue weighted by molar-refractivity contribution is -0.123. The van der Waals surface area contributed by atoms with Crippen molar-refractivity contribution >= 4 is 0 Å². The molecule has 0 aromatic carbocycles. The van der Waals surface area contributed by atoms with Crippen molar-refractivity contribution in [1.82, 2.24) is 0 Å². The van der Waals surface area contributed by atoms with Crippen molar-refractivity contribution in [3.8, 4) is 0 Å². The monoisotopic (exact) mass is 215 g/mol. The van der Waals surface area contributed by atoms with Gasteiger partial charge in [0, 0.05) is 19.8 Å². The fourth-order valence-electron chi connectivity index (χ4n) is 1.98. The quantitative estimate of drug-likeness (QED) is 0.661. The van der Waals surface area contributed by atoms with Crippen LogP contribution in [0.15, 0.2) is 0 Å². The summed E-state index contributed by atoms with van der Waals surface area (Å²) in [6.07, 6.45) is 7.11. The maximum absolute atomic E-state index is 5.92. The molecule has 3 nitrogen and oxygen atoms in total. The molecule has 1 aliphatic rings. The van der Waals surface area contributed by atoms with Gasteiger partial charge in [0.05, 0.1) is 6.61 Å². The first-order valence-electron chi connectivity index (χ1n) is 6.25. The standard InChI is InChI=1S/C12H25NO2/c1-2-3-4-5-9-15-12(10-13)7-6-8-14-11-12/h2-11,13H2,1H3. The van der Waals surface area contributed by atoms with E-state index in [1.807, 2.05) is 0 Å². The Labute approximate surface area is 93.3 Å². The van der Waals surface area contributed by atoms with Crippen LogP contribution in [-0.2, 0) is 9.47 Å². The first kappa shape index (κ1) is 12.9. The van der Waals surface area contributed by atoms with E-state index in [1.165, 1.54) is 19.3 Å². The van der Waals surface area contributed by atoms with Crippen LogP contribution in [0.1, 0.15) is 45.4 Å². The summed E-state index contributed by atoms with van der Waals surface area (Å²) in [5.41, 5.74) is 5.60. The summed E-state index contributed by atoms with van der Waals surface area (Å²) < 4.78 is 11.4. The Kier molecular flexibility index (Phi) is 6.22. The average molecular weight is 215 g/mol. The smallest absolute Gasteiger partial charge is 0.104 e. The third-order valence-corrected chi connectivity index (χ3v) is 3.06. The second-order valence-electron chi connectivity index (χ2n) is 4.45. The molecule has 3 heteroatoms. The maximum Gasteiger partial charge on any atom is 0.104 e. The highest BCUT2D eigenvalue weighted by Crippen LogP contribution is 2.22. The van der Waals surface area contributed by atoms with Gasteiger partial charge in [0.1, 0.15) is 5.60 Å². The molecule has 1 heterocycles. The second kappa shape index (κ2) is 7.20. The molecule has 1 atom stereocenters. The Morgan fingerprint density at radius 1 is 1.33 bits per heavy atom. The number of ether oxygens (including phenoxy) is 2. The zero-order valence-electron chi connectivity index (χ0n) is 9.96. The minimum absolute atomic E-state index is 0.176. The number of hydrogen-bond acceptors (Lipinski definition) is 3. The van der Waals surface area contributed by atoms with Gasteiger partial charge in [-0.05, 0) is 19.3 Å². The molecule has 0 amide bonds. The summed E-state index contributed by atoms with van der Waals surface area (Å²) >= 11 is 0. The van der Waals surface area contributed by atoms with E-state index in [1.54, 1.807) is 0 Å². The van der Waals surface area contributed by atoms with E-state index >= 15 is 0 Å². The zero-order chi connectivity index (χ0) is 11.0. The Bertz CT molecular complexity index is 156. The normalized spacial score (nSPS) is 26.8. The molecule has 1 saturated heterocycles. The molecule has 1 rings (SSSR count). The Morgan fingerprint density at radius 2 is 2.20 bits per heavy atom. The van der Waals surface area contributed by atoms with Crippen molar-refractivity contribution in [2.45, 2.75) is 51.0 Å². The van der Waals surface area contributed by atoms with Crippen LogP contribution in [0.3, 0.4) is 0 Å². The number of hydrogen-bond donors (Lipinski definition) is 1.